The molecule has 1 aliphatic carbocycles. The molecule has 0 spiro atoms. The van der Waals surface area contributed by atoms with Crippen LogP contribution in [0.2, 0.25) is 0 Å². The third kappa shape index (κ3) is 4.94. The average Bonchev–Trinajstić information content (AvgIpc) is 3.23. The van der Waals surface area contributed by atoms with Crippen molar-refractivity contribution in [2.75, 3.05) is 18.0 Å². The van der Waals surface area contributed by atoms with Crippen LogP contribution in [0, 0.1) is 0 Å². The molecular formula is C24H27N3O5S. The van der Waals surface area contributed by atoms with Crippen LogP contribution in [0.3, 0.4) is 0 Å². The summed E-state index contributed by atoms with van der Waals surface area (Å²) in [5.41, 5.74) is 4.32. The molecule has 33 heavy (non-hydrogen) atoms. The summed E-state index contributed by atoms with van der Waals surface area (Å²) in [6.45, 7) is 2.11. The van der Waals surface area contributed by atoms with E-state index in [0.29, 0.717) is 18.7 Å². The zero-order chi connectivity index (χ0) is 23.4. The lowest BCUT2D eigenvalue weighted by Gasteiger charge is -2.33. The van der Waals surface area contributed by atoms with Crippen LogP contribution < -0.4 is 9.04 Å². The number of carbonyl (C=O) groups excluding carboxylic acids is 1. The molecule has 8 nitrogen and oxygen atoms in total. The summed E-state index contributed by atoms with van der Waals surface area (Å²) in [5.74, 6) is 0.419. The molecule has 0 amide bonds. The number of hydrogen-bond donors (Lipinski definition) is 1. The van der Waals surface area contributed by atoms with Crippen molar-refractivity contribution in [3.8, 4) is 16.9 Å². The Morgan fingerprint density at radius 1 is 1.24 bits per heavy atom. The van der Waals surface area contributed by atoms with Crippen molar-refractivity contribution in [1.82, 2.24) is 9.78 Å². The van der Waals surface area contributed by atoms with E-state index in [4.69, 9.17) is 9.47 Å². The summed E-state index contributed by atoms with van der Waals surface area (Å²) in [4.78, 5) is 12.0. The van der Waals surface area contributed by atoms with Gasteiger partial charge in [0.05, 0.1) is 31.6 Å². The van der Waals surface area contributed by atoms with Gasteiger partial charge in [0.1, 0.15) is 12.3 Å². The van der Waals surface area contributed by atoms with E-state index in [0.717, 1.165) is 41.0 Å². The van der Waals surface area contributed by atoms with Gasteiger partial charge in [-0.25, -0.2) is 4.21 Å². The number of nitrogens with zero attached hydrogens (tertiary/aromatic N) is 3. The summed E-state index contributed by atoms with van der Waals surface area (Å²) < 4.78 is 36.2. The van der Waals surface area contributed by atoms with E-state index < -0.39 is 11.3 Å². The minimum atomic E-state index is -2.25. The molecule has 0 saturated heterocycles. The summed E-state index contributed by atoms with van der Waals surface area (Å²) in [6.07, 6.45) is 3.98. The number of hydrogen-bond acceptors (Lipinski definition) is 5. The normalized spacial score (nSPS) is 16.0. The fourth-order valence-electron chi connectivity index (χ4n) is 4.29. The van der Waals surface area contributed by atoms with Crippen LogP contribution in [-0.4, -0.2) is 38.2 Å². The smallest absolute Gasteiger partial charge is 0.327 e. The van der Waals surface area contributed by atoms with E-state index in [1.54, 1.807) is 24.9 Å². The van der Waals surface area contributed by atoms with Crippen molar-refractivity contribution < 1.29 is 23.0 Å². The molecule has 1 aromatic heterocycles. The van der Waals surface area contributed by atoms with E-state index in [2.05, 4.69) is 5.10 Å². The van der Waals surface area contributed by atoms with Crippen LogP contribution in [0.4, 0.5) is 5.69 Å². The van der Waals surface area contributed by atoms with Gasteiger partial charge in [-0.1, -0.05) is 24.3 Å². The van der Waals surface area contributed by atoms with Crippen molar-refractivity contribution in [2.24, 2.45) is 0 Å². The summed E-state index contributed by atoms with van der Waals surface area (Å²) in [6, 6.07) is 14.9. The van der Waals surface area contributed by atoms with Gasteiger partial charge in [-0.3, -0.25) is 18.3 Å². The standard InChI is InChI=1S/C24H27N3O5S/c1-3-32-24(28)16-26-22-8-5-9-23(21(22)15-25-26)27(33(29)30)19-7-4-6-18(14-19)17-10-12-20(31-2)13-11-17/h4,6-7,10-15,23H,3,5,8-9,16H2,1-2H3,(H,29,30). The van der Waals surface area contributed by atoms with Gasteiger partial charge in [0.25, 0.3) is 11.3 Å². The van der Waals surface area contributed by atoms with Gasteiger partial charge >= 0.3 is 5.97 Å². The predicted octanol–water partition coefficient (Wildman–Crippen LogP) is 4.14. The summed E-state index contributed by atoms with van der Waals surface area (Å²) in [7, 11) is 1.62. The van der Waals surface area contributed by atoms with E-state index in [1.165, 1.54) is 4.31 Å². The van der Waals surface area contributed by atoms with Crippen LogP contribution in [0.5, 0.6) is 5.75 Å². The third-order valence-corrected chi connectivity index (χ3v) is 6.59. The molecule has 1 heterocycles. The molecule has 3 aromatic rings. The Kier molecular flexibility index (Phi) is 7.10. The van der Waals surface area contributed by atoms with Crippen molar-refractivity contribution in [3.05, 3.63) is 66.0 Å². The Hall–Kier alpha value is -3.17. The first kappa shape index (κ1) is 23.0. The Labute approximate surface area is 195 Å². The second-order valence-electron chi connectivity index (χ2n) is 7.75. The second kappa shape index (κ2) is 10.2. The minimum absolute atomic E-state index is 0.0328. The fourth-order valence-corrected chi connectivity index (χ4v) is 5.02. The lowest BCUT2D eigenvalue weighted by Crippen LogP contribution is -2.33. The van der Waals surface area contributed by atoms with E-state index in [-0.39, 0.29) is 18.6 Å². The van der Waals surface area contributed by atoms with Gasteiger partial charge in [0.15, 0.2) is 0 Å². The lowest BCUT2D eigenvalue weighted by atomic mass is 9.92. The first-order valence-electron chi connectivity index (χ1n) is 10.9. The zero-order valence-electron chi connectivity index (χ0n) is 18.6. The molecule has 0 radical (unpaired) electrons. The fraction of sp³-hybridized carbons (Fsp3) is 0.333. The van der Waals surface area contributed by atoms with E-state index in [1.807, 2.05) is 48.5 Å². The molecule has 0 bridgehead atoms. The van der Waals surface area contributed by atoms with Crippen LogP contribution in [-0.2, 0) is 33.8 Å². The molecule has 0 saturated carbocycles. The van der Waals surface area contributed by atoms with Gasteiger partial charge in [-0.05, 0) is 61.6 Å². The van der Waals surface area contributed by atoms with Crippen molar-refractivity contribution in [2.45, 2.75) is 38.8 Å². The number of aromatic nitrogens is 2. The molecule has 1 aliphatic rings. The lowest BCUT2D eigenvalue weighted by molar-refractivity contribution is -0.144. The Morgan fingerprint density at radius 3 is 2.73 bits per heavy atom. The Bertz CT molecular complexity index is 1150. The van der Waals surface area contributed by atoms with Gasteiger partial charge in [-0.15, -0.1) is 0 Å². The number of fused-ring (bicyclic) bond motifs is 1. The number of rotatable bonds is 8. The maximum Gasteiger partial charge on any atom is 0.327 e. The van der Waals surface area contributed by atoms with Gasteiger partial charge < -0.3 is 9.47 Å². The number of methoxy groups -OCH3 is 1. The highest BCUT2D eigenvalue weighted by molar-refractivity contribution is 7.80. The highest BCUT2D eigenvalue weighted by Crippen LogP contribution is 2.39. The quantitative estimate of drug-likeness (QED) is 0.394. The van der Waals surface area contributed by atoms with Crippen LogP contribution >= 0.6 is 0 Å². The van der Waals surface area contributed by atoms with Crippen LogP contribution in [0.1, 0.15) is 37.1 Å². The first-order valence-corrected chi connectivity index (χ1v) is 11.9. The van der Waals surface area contributed by atoms with Crippen LogP contribution in [0.15, 0.2) is 54.7 Å². The van der Waals surface area contributed by atoms with Crippen molar-refractivity contribution in [3.63, 3.8) is 0 Å². The Balaban J connectivity index is 1.66. The molecule has 0 aliphatic heterocycles. The largest absolute Gasteiger partial charge is 0.497 e. The third-order valence-electron chi connectivity index (χ3n) is 5.79. The van der Waals surface area contributed by atoms with E-state index in [9.17, 15) is 13.6 Å². The molecule has 1 N–H and O–H groups in total. The van der Waals surface area contributed by atoms with Gasteiger partial charge in [0, 0.05) is 11.3 Å². The molecule has 2 aromatic carbocycles. The molecule has 9 heteroatoms. The van der Waals surface area contributed by atoms with Crippen molar-refractivity contribution >= 4 is 22.9 Å². The predicted molar refractivity (Wildman–Crippen MR) is 126 cm³/mol. The van der Waals surface area contributed by atoms with Crippen molar-refractivity contribution in [1.29, 1.82) is 0 Å². The molecular weight excluding hydrogens is 442 g/mol. The summed E-state index contributed by atoms with van der Waals surface area (Å²) in [5, 5.41) is 4.38. The van der Waals surface area contributed by atoms with E-state index >= 15 is 0 Å². The number of anilines is 1. The Morgan fingerprint density at radius 2 is 2.03 bits per heavy atom. The topological polar surface area (TPSA) is 93.9 Å². The number of esters is 1. The highest BCUT2D eigenvalue weighted by atomic mass is 32.2. The van der Waals surface area contributed by atoms with Gasteiger partial charge in [-0.2, -0.15) is 5.10 Å². The molecule has 4 rings (SSSR count). The second-order valence-corrected chi connectivity index (χ2v) is 8.61. The maximum atomic E-state index is 12.5. The molecule has 174 valence electrons. The monoisotopic (exact) mass is 469 g/mol. The first-order chi connectivity index (χ1) is 16.0. The maximum absolute atomic E-state index is 12.5. The number of benzene rings is 2. The number of carbonyl (C=O) groups is 1. The van der Waals surface area contributed by atoms with Crippen LogP contribution in [0.25, 0.3) is 11.1 Å². The average molecular weight is 470 g/mol. The minimum Gasteiger partial charge on any atom is -0.497 e. The SMILES string of the molecule is CCOC(=O)Cn1ncc2c1CCCC2N(c1cccc(-c2ccc(OC)cc2)c1)S(=O)O. The molecule has 2 unspecified atom stereocenters. The zero-order valence-corrected chi connectivity index (χ0v) is 19.5. The highest BCUT2D eigenvalue weighted by Gasteiger charge is 2.32. The van der Waals surface area contributed by atoms with Gasteiger partial charge in [0.2, 0.25) is 0 Å². The summed E-state index contributed by atoms with van der Waals surface area (Å²) >= 11 is -2.25. The molecule has 0 fully saturated rings. The molecule has 2 atom stereocenters. The number of ether oxygens (including phenoxy) is 2.